The molecule has 2 aromatic carbocycles. The molecular weight excluding hydrogens is 270 g/mol. The predicted octanol–water partition coefficient (Wildman–Crippen LogP) is 3.22. The third kappa shape index (κ3) is 4.30. The van der Waals surface area contributed by atoms with E-state index in [-0.39, 0.29) is 6.61 Å². The van der Waals surface area contributed by atoms with Crippen molar-refractivity contribution in [1.82, 2.24) is 0 Å². The monoisotopic (exact) mass is 285 g/mol. The van der Waals surface area contributed by atoms with Crippen LogP contribution in [-0.2, 0) is 6.61 Å². The maximum Gasteiger partial charge on any atom is 0.119 e. The Hall–Kier alpha value is -1.96. The zero-order chi connectivity index (χ0) is 14.2. The van der Waals surface area contributed by atoms with Gasteiger partial charge in [0.05, 0.1) is 24.8 Å². The number of benzene rings is 2. The SMILES string of the molecule is N#Cc1ccc(OCCSc2ccc(CO)cc2)cc1. The molecule has 0 bridgehead atoms. The molecule has 4 heteroatoms. The third-order valence-electron chi connectivity index (χ3n) is 2.71. The van der Waals surface area contributed by atoms with Gasteiger partial charge in [-0.2, -0.15) is 5.26 Å². The summed E-state index contributed by atoms with van der Waals surface area (Å²) < 4.78 is 5.60. The van der Waals surface area contributed by atoms with E-state index in [4.69, 9.17) is 15.1 Å². The predicted molar refractivity (Wildman–Crippen MR) is 79.7 cm³/mol. The van der Waals surface area contributed by atoms with Gasteiger partial charge in [-0.05, 0) is 42.0 Å². The molecule has 3 nitrogen and oxygen atoms in total. The van der Waals surface area contributed by atoms with E-state index >= 15 is 0 Å². The van der Waals surface area contributed by atoms with Crippen molar-refractivity contribution < 1.29 is 9.84 Å². The van der Waals surface area contributed by atoms with E-state index in [0.29, 0.717) is 12.2 Å². The van der Waals surface area contributed by atoms with Crippen LogP contribution in [0.15, 0.2) is 53.4 Å². The van der Waals surface area contributed by atoms with Gasteiger partial charge in [-0.3, -0.25) is 0 Å². The van der Waals surface area contributed by atoms with Gasteiger partial charge in [0.25, 0.3) is 0 Å². The Kier molecular flexibility index (Phi) is 5.48. The first kappa shape index (κ1) is 14.4. The third-order valence-corrected chi connectivity index (χ3v) is 3.69. The summed E-state index contributed by atoms with van der Waals surface area (Å²) in [6, 6.07) is 17.0. The number of aliphatic hydroxyl groups is 1. The van der Waals surface area contributed by atoms with Crippen molar-refractivity contribution in [1.29, 1.82) is 5.26 Å². The first-order valence-electron chi connectivity index (χ1n) is 6.27. The van der Waals surface area contributed by atoms with E-state index in [1.54, 1.807) is 36.0 Å². The maximum atomic E-state index is 8.96. The van der Waals surface area contributed by atoms with Crippen molar-refractivity contribution in [2.45, 2.75) is 11.5 Å². The average molecular weight is 285 g/mol. The second-order valence-electron chi connectivity index (χ2n) is 4.14. The Balaban J connectivity index is 1.74. The van der Waals surface area contributed by atoms with Crippen LogP contribution in [0.4, 0.5) is 0 Å². The van der Waals surface area contributed by atoms with Gasteiger partial charge < -0.3 is 9.84 Å². The first-order valence-corrected chi connectivity index (χ1v) is 7.26. The molecule has 20 heavy (non-hydrogen) atoms. The first-order chi connectivity index (χ1) is 9.81. The van der Waals surface area contributed by atoms with Gasteiger partial charge in [0.15, 0.2) is 0 Å². The number of hydrogen-bond acceptors (Lipinski definition) is 4. The largest absolute Gasteiger partial charge is 0.493 e. The molecule has 0 aromatic heterocycles. The van der Waals surface area contributed by atoms with Crippen molar-refractivity contribution in [3.8, 4) is 11.8 Å². The Labute approximate surface area is 122 Å². The van der Waals surface area contributed by atoms with E-state index in [0.717, 1.165) is 22.0 Å². The van der Waals surface area contributed by atoms with Crippen molar-refractivity contribution in [3.63, 3.8) is 0 Å². The minimum Gasteiger partial charge on any atom is -0.493 e. The fraction of sp³-hybridized carbons (Fsp3) is 0.188. The standard InChI is InChI=1S/C16H15NO2S/c17-11-13-1-5-15(6-2-13)19-9-10-20-16-7-3-14(12-18)4-8-16/h1-8,18H,9-10,12H2. The van der Waals surface area contributed by atoms with E-state index < -0.39 is 0 Å². The Morgan fingerprint density at radius 2 is 1.75 bits per heavy atom. The zero-order valence-electron chi connectivity index (χ0n) is 11.0. The molecule has 0 saturated carbocycles. The van der Waals surface area contributed by atoms with E-state index in [1.807, 2.05) is 24.3 Å². The molecule has 0 atom stereocenters. The molecule has 0 amide bonds. The number of nitriles is 1. The van der Waals surface area contributed by atoms with Crippen molar-refractivity contribution in [2.24, 2.45) is 0 Å². The second-order valence-corrected chi connectivity index (χ2v) is 5.30. The number of rotatable bonds is 6. The van der Waals surface area contributed by atoms with Gasteiger partial charge in [0, 0.05) is 10.6 Å². The summed E-state index contributed by atoms with van der Waals surface area (Å²) in [5, 5.41) is 17.7. The smallest absolute Gasteiger partial charge is 0.119 e. The molecule has 0 heterocycles. The lowest BCUT2D eigenvalue weighted by Crippen LogP contribution is -1.99. The fourth-order valence-corrected chi connectivity index (χ4v) is 2.37. The molecule has 2 aromatic rings. The Morgan fingerprint density at radius 3 is 2.35 bits per heavy atom. The highest BCUT2D eigenvalue weighted by Gasteiger charge is 1.97. The number of aliphatic hydroxyl groups excluding tert-OH is 1. The zero-order valence-corrected chi connectivity index (χ0v) is 11.8. The van der Waals surface area contributed by atoms with E-state index in [2.05, 4.69) is 6.07 Å². The van der Waals surface area contributed by atoms with Crippen LogP contribution < -0.4 is 4.74 Å². The van der Waals surface area contributed by atoms with Crippen LogP contribution in [0.3, 0.4) is 0 Å². The summed E-state index contributed by atoms with van der Waals surface area (Å²) in [5.74, 6) is 1.62. The highest BCUT2D eigenvalue weighted by Crippen LogP contribution is 2.19. The van der Waals surface area contributed by atoms with E-state index in [1.165, 1.54) is 0 Å². The summed E-state index contributed by atoms with van der Waals surface area (Å²) >= 11 is 1.71. The quantitative estimate of drug-likeness (QED) is 0.654. The topological polar surface area (TPSA) is 53.2 Å². The molecule has 0 unspecified atom stereocenters. The number of thioether (sulfide) groups is 1. The number of nitrogens with zero attached hydrogens (tertiary/aromatic N) is 1. The second kappa shape index (κ2) is 7.59. The lowest BCUT2D eigenvalue weighted by Gasteiger charge is -2.06. The van der Waals surface area contributed by atoms with Gasteiger partial charge in [-0.25, -0.2) is 0 Å². The normalized spacial score (nSPS) is 10.0. The molecule has 0 aliphatic rings. The van der Waals surface area contributed by atoms with Crippen LogP contribution in [0, 0.1) is 11.3 Å². The maximum absolute atomic E-state index is 8.96. The Bertz CT molecular complexity index is 573. The van der Waals surface area contributed by atoms with Gasteiger partial charge in [0.1, 0.15) is 5.75 Å². The lowest BCUT2D eigenvalue weighted by molar-refractivity contribution is 0.282. The highest BCUT2D eigenvalue weighted by atomic mass is 32.2. The Morgan fingerprint density at radius 1 is 1.05 bits per heavy atom. The number of ether oxygens (including phenoxy) is 1. The van der Waals surface area contributed by atoms with Crippen LogP contribution in [0.25, 0.3) is 0 Å². The summed E-state index contributed by atoms with van der Waals surface area (Å²) in [7, 11) is 0. The molecular formula is C16H15NO2S. The minimum absolute atomic E-state index is 0.0761. The van der Waals surface area contributed by atoms with Crippen LogP contribution >= 0.6 is 11.8 Å². The highest BCUT2D eigenvalue weighted by molar-refractivity contribution is 7.99. The summed E-state index contributed by atoms with van der Waals surface area (Å²) in [6.45, 7) is 0.686. The van der Waals surface area contributed by atoms with Crippen LogP contribution in [0.2, 0.25) is 0 Å². The minimum atomic E-state index is 0.0761. The molecule has 0 fully saturated rings. The van der Waals surface area contributed by atoms with Gasteiger partial charge in [-0.15, -0.1) is 11.8 Å². The molecule has 0 saturated heterocycles. The van der Waals surface area contributed by atoms with E-state index in [9.17, 15) is 0 Å². The molecule has 0 radical (unpaired) electrons. The van der Waals surface area contributed by atoms with Crippen molar-refractivity contribution in [2.75, 3.05) is 12.4 Å². The molecule has 102 valence electrons. The molecule has 1 N–H and O–H groups in total. The van der Waals surface area contributed by atoms with Crippen molar-refractivity contribution >= 4 is 11.8 Å². The van der Waals surface area contributed by atoms with Gasteiger partial charge in [0.2, 0.25) is 0 Å². The summed E-state index contributed by atoms with van der Waals surface area (Å²) in [4.78, 5) is 1.16. The summed E-state index contributed by atoms with van der Waals surface area (Å²) in [6.07, 6.45) is 0. The van der Waals surface area contributed by atoms with Gasteiger partial charge >= 0.3 is 0 Å². The lowest BCUT2D eigenvalue weighted by atomic mass is 10.2. The van der Waals surface area contributed by atoms with Crippen molar-refractivity contribution in [3.05, 3.63) is 59.7 Å². The van der Waals surface area contributed by atoms with Crippen LogP contribution in [0.1, 0.15) is 11.1 Å². The number of hydrogen-bond donors (Lipinski definition) is 1. The molecule has 2 rings (SSSR count). The summed E-state index contributed by atoms with van der Waals surface area (Å²) in [5.41, 5.74) is 1.55. The molecule has 0 spiro atoms. The fourth-order valence-electron chi connectivity index (χ4n) is 1.64. The van der Waals surface area contributed by atoms with Crippen LogP contribution in [-0.4, -0.2) is 17.5 Å². The average Bonchev–Trinajstić information content (AvgIpc) is 2.53. The molecule has 0 aliphatic carbocycles. The van der Waals surface area contributed by atoms with Crippen LogP contribution in [0.5, 0.6) is 5.75 Å². The molecule has 0 aliphatic heterocycles. The van der Waals surface area contributed by atoms with Gasteiger partial charge in [-0.1, -0.05) is 12.1 Å².